The molecule has 0 saturated carbocycles. The van der Waals surface area contributed by atoms with Crippen molar-refractivity contribution in [3.05, 3.63) is 35.9 Å². The molecule has 1 atom stereocenters. The molecule has 3 nitrogen and oxygen atoms in total. The molecule has 0 saturated heterocycles. The lowest BCUT2D eigenvalue weighted by Gasteiger charge is -2.08. The Morgan fingerprint density at radius 3 is 2.15 bits per heavy atom. The first kappa shape index (κ1) is 11.2. The van der Waals surface area contributed by atoms with Gasteiger partial charge in [0.15, 0.2) is 0 Å². The van der Waals surface area contributed by atoms with Gasteiger partial charge in [0.1, 0.15) is 0 Å². The standard InChI is InChI=1S/C7H10ClO3PS/c8-13(12(9,10)11)6-7-4-2-1-3-5-7/h1-5,9-11H,6H2. The van der Waals surface area contributed by atoms with E-state index >= 15 is 0 Å². The molecule has 74 valence electrons. The molecule has 0 amide bonds. The van der Waals surface area contributed by atoms with Gasteiger partial charge >= 0.3 is 0 Å². The first-order chi connectivity index (χ1) is 6.00. The van der Waals surface area contributed by atoms with E-state index in [-0.39, 0.29) is 5.75 Å². The lowest BCUT2D eigenvalue weighted by molar-refractivity contribution is 0.363. The highest BCUT2D eigenvalue weighted by Gasteiger charge is 2.10. The van der Waals surface area contributed by atoms with Gasteiger partial charge in [0.05, 0.1) is 0 Å². The smallest absolute Gasteiger partial charge is 0.291 e. The van der Waals surface area contributed by atoms with Crippen LogP contribution in [0.2, 0.25) is 0 Å². The Labute approximate surface area is 83.3 Å². The fourth-order valence-corrected chi connectivity index (χ4v) is 2.78. The average molecular weight is 241 g/mol. The van der Waals surface area contributed by atoms with Crippen LogP contribution in [-0.2, 0) is 15.0 Å². The van der Waals surface area contributed by atoms with Gasteiger partial charge in [-0.05, 0) is 25.5 Å². The van der Waals surface area contributed by atoms with Crippen LogP contribution < -0.4 is 0 Å². The van der Waals surface area contributed by atoms with Gasteiger partial charge in [0.2, 0.25) is 0 Å². The van der Waals surface area contributed by atoms with E-state index in [0.29, 0.717) is 0 Å². The topological polar surface area (TPSA) is 60.7 Å². The third-order valence-electron chi connectivity index (χ3n) is 1.39. The lowest BCUT2D eigenvalue weighted by atomic mass is 10.2. The summed E-state index contributed by atoms with van der Waals surface area (Å²) in [6.45, 7) is -3.88. The third-order valence-corrected chi connectivity index (χ3v) is 6.47. The molecule has 0 spiro atoms. The molecular formula is C7H10ClO3PS. The van der Waals surface area contributed by atoms with Gasteiger partial charge in [0, 0.05) is 5.75 Å². The molecule has 0 aromatic heterocycles. The number of benzene rings is 1. The number of halogens is 1. The molecule has 13 heavy (non-hydrogen) atoms. The van der Waals surface area contributed by atoms with Crippen molar-refractivity contribution in [1.82, 2.24) is 0 Å². The van der Waals surface area contributed by atoms with Crippen LogP contribution in [0.3, 0.4) is 0 Å². The molecule has 0 heterocycles. The summed E-state index contributed by atoms with van der Waals surface area (Å²) in [5.74, 6) is 0.277. The first-order valence-corrected chi connectivity index (χ1v) is 7.96. The molecule has 0 radical (unpaired) electrons. The Kier molecular flexibility index (Phi) is 3.98. The Balaban J connectivity index is 2.83. The van der Waals surface area contributed by atoms with E-state index in [9.17, 15) is 0 Å². The maximum absolute atomic E-state index is 8.85. The van der Waals surface area contributed by atoms with Crippen LogP contribution in [0.5, 0.6) is 0 Å². The average Bonchev–Trinajstić information content (AvgIpc) is 2.04. The molecular weight excluding hydrogens is 231 g/mol. The third kappa shape index (κ3) is 3.81. The summed E-state index contributed by atoms with van der Waals surface area (Å²) in [7, 11) is 4.33. The lowest BCUT2D eigenvalue weighted by Crippen LogP contribution is -1.91. The van der Waals surface area contributed by atoms with Gasteiger partial charge < -0.3 is 14.7 Å². The molecule has 3 N–H and O–H groups in total. The van der Waals surface area contributed by atoms with Gasteiger partial charge in [-0.2, -0.15) is 0 Å². The van der Waals surface area contributed by atoms with Crippen LogP contribution in [0.4, 0.5) is 0 Å². The van der Waals surface area contributed by atoms with Crippen LogP contribution in [-0.4, -0.2) is 14.7 Å². The zero-order valence-corrected chi connectivity index (χ0v) is 9.14. The Morgan fingerprint density at radius 2 is 1.69 bits per heavy atom. The normalized spacial score (nSPS) is 14.2. The molecule has 1 rings (SSSR count). The minimum absolute atomic E-state index is 0.277. The van der Waals surface area contributed by atoms with Crippen molar-refractivity contribution in [1.29, 1.82) is 0 Å². The molecule has 1 aromatic carbocycles. The summed E-state index contributed by atoms with van der Waals surface area (Å²) in [5, 5.41) is 0. The van der Waals surface area contributed by atoms with Crippen LogP contribution in [0.25, 0.3) is 0 Å². The van der Waals surface area contributed by atoms with E-state index < -0.39 is 16.0 Å². The fourth-order valence-electron chi connectivity index (χ4n) is 0.798. The van der Waals surface area contributed by atoms with Crippen molar-refractivity contribution in [2.75, 3.05) is 0 Å². The van der Waals surface area contributed by atoms with Gasteiger partial charge in [-0.1, -0.05) is 30.3 Å². The van der Waals surface area contributed by atoms with E-state index in [1.807, 2.05) is 30.3 Å². The van der Waals surface area contributed by atoms with E-state index in [0.717, 1.165) is 5.56 Å². The van der Waals surface area contributed by atoms with Gasteiger partial charge in [-0.15, -0.1) is 0 Å². The summed E-state index contributed by atoms with van der Waals surface area (Å²) in [5.41, 5.74) is 0.877. The molecule has 0 aliphatic carbocycles. The fraction of sp³-hybridized carbons (Fsp3) is 0.143. The summed E-state index contributed by atoms with van der Waals surface area (Å²) in [6.07, 6.45) is 0. The summed E-state index contributed by atoms with van der Waals surface area (Å²) < 4.78 is 0. The van der Waals surface area contributed by atoms with Crippen LogP contribution in [0.15, 0.2) is 30.3 Å². The van der Waals surface area contributed by atoms with Crippen molar-refractivity contribution in [2.45, 2.75) is 5.75 Å². The van der Waals surface area contributed by atoms with Gasteiger partial charge in [-0.3, -0.25) is 0 Å². The summed E-state index contributed by atoms with van der Waals surface area (Å²) in [6, 6.07) is 9.15. The predicted octanol–water partition coefficient (Wildman–Crippen LogP) is 1.61. The highest BCUT2D eigenvalue weighted by atomic mass is 35.7. The molecule has 0 aliphatic rings. The highest BCUT2D eigenvalue weighted by molar-refractivity contribution is 8.40. The second-order valence-corrected chi connectivity index (χ2v) is 8.94. The van der Waals surface area contributed by atoms with E-state index in [4.69, 9.17) is 25.4 Å². The zero-order chi connectivity index (χ0) is 9.90. The largest absolute Gasteiger partial charge is 0.328 e. The molecule has 0 bridgehead atoms. The van der Waals surface area contributed by atoms with Gasteiger partial charge in [0.25, 0.3) is 6.72 Å². The predicted molar refractivity (Wildman–Crippen MR) is 56.9 cm³/mol. The van der Waals surface area contributed by atoms with E-state index in [1.54, 1.807) is 0 Å². The maximum atomic E-state index is 8.85. The Hall–Kier alpha value is 0.170. The van der Waals surface area contributed by atoms with Crippen molar-refractivity contribution in [3.63, 3.8) is 0 Å². The van der Waals surface area contributed by atoms with E-state index in [2.05, 4.69) is 0 Å². The van der Waals surface area contributed by atoms with Crippen molar-refractivity contribution >= 4 is 26.7 Å². The first-order valence-electron chi connectivity index (χ1n) is 3.49. The monoisotopic (exact) mass is 240 g/mol. The minimum Gasteiger partial charge on any atom is -0.328 e. The molecule has 6 heteroatoms. The number of hydrogen-bond donors (Lipinski definition) is 3. The molecule has 0 fully saturated rings. The van der Waals surface area contributed by atoms with Crippen molar-refractivity contribution in [2.24, 2.45) is 0 Å². The maximum Gasteiger partial charge on any atom is 0.291 e. The Morgan fingerprint density at radius 1 is 1.15 bits per heavy atom. The molecule has 0 aliphatic heterocycles. The van der Waals surface area contributed by atoms with Crippen LogP contribution >= 0.6 is 17.4 Å². The Bertz CT molecular complexity index is 327. The zero-order valence-electron chi connectivity index (χ0n) is 6.67. The quantitative estimate of drug-likeness (QED) is 0.689. The van der Waals surface area contributed by atoms with Crippen molar-refractivity contribution < 1.29 is 14.7 Å². The minimum atomic E-state index is -3.88. The second kappa shape index (κ2) is 4.60. The van der Waals surface area contributed by atoms with Gasteiger partial charge in [-0.25, -0.2) is 0 Å². The molecule has 1 aromatic rings. The summed E-state index contributed by atoms with van der Waals surface area (Å²) >= 11 is 0. The number of hydrogen-bond acceptors (Lipinski definition) is 0. The van der Waals surface area contributed by atoms with Crippen molar-refractivity contribution in [3.8, 4) is 0 Å². The van der Waals surface area contributed by atoms with Crippen LogP contribution in [0, 0.1) is 0 Å². The second-order valence-electron chi connectivity index (χ2n) is 2.45. The summed E-state index contributed by atoms with van der Waals surface area (Å²) in [4.78, 5) is 26.6. The molecule has 1 unspecified atom stereocenters. The van der Waals surface area contributed by atoms with Crippen LogP contribution in [0.1, 0.15) is 5.56 Å². The number of rotatable bonds is 2. The highest BCUT2D eigenvalue weighted by Crippen LogP contribution is 2.39. The van der Waals surface area contributed by atoms with E-state index in [1.165, 1.54) is 0 Å². The SMILES string of the molecule is OP(O)(O)=S(Cl)Cc1ccccc1.